The minimum Gasteiger partial charge on any atom is -0.399 e. The number of carbonyl (C=O) groups is 2. The van der Waals surface area contributed by atoms with Gasteiger partial charge in [-0.2, -0.15) is 5.10 Å². The number of hydrogen-bond donors (Lipinski definition) is 3. The molecule has 2 amide bonds. The molecule has 0 aromatic heterocycles. The van der Waals surface area contributed by atoms with Crippen molar-refractivity contribution in [2.75, 3.05) is 11.1 Å². The molecule has 0 bridgehead atoms. The predicted octanol–water partition coefficient (Wildman–Crippen LogP) is 3.27. The topological polar surface area (TPSA) is 140 Å². The van der Waals surface area contributed by atoms with Crippen molar-refractivity contribution >= 4 is 46.2 Å². The Hall–Kier alpha value is -3.46. The largest absolute Gasteiger partial charge is 0.399 e. The zero-order valence-corrected chi connectivity index (χ0v) is 15.9. The molecule has 28 heavy (non-hydrogen) atoms. The summed E-state index contributed by atoms with van der Waals surface area (Å²) in [5.74, 6) is -1.01. The third kappa shape index (κ3) is 5.78. The SMILES string of the molecule is CC(CC(=O)Nc1cc(Cl)ccc1C)=NNC(=O)c1cc(N)cc([N+](=O)[O-])c1. The van der Waals surface area contributed by atoms with Gasteiger partial charge in [0.15, 0.2) is 0 Å². The molecule has 0 aliphatic heterocycles. The number of halogens is 1. The molecule has 0 saturated carbocycles. The van der Waals surface area contributed by atoms with Crippen LogP contribution in [0.1, 0.15) is 29.3 Å². The maximum atomic E-state index is 12.1. The van der Waals surface area contributed by atoms with Gasteiger partial charge < -0.3 is 11.1 Å². The standard InChI is InChI=1S/C18H18ClN5O4/c1-10-3-4-13(19)8-16(10)21-17(25)5-11(2)22-23-18(26)12-6-14(20)9-15(7-12)24(27)28/h3-4,6-9H,5,20H2,1-2H3,(H,21,25)(H,23,26). The highest BCUT2D eigenvalue weighted by molar-refractivity contribution is 6.31. The molecule has 2 aromatic rings. The second-order valence-electron chi connectivity index (χ2n) is 6.04. The first kappa shape index (κ1) is 20.8. The third-order valence-corrected chi connectivity index (χ3v) is 3.89. The predicted molar refractivity (Wildman–Crippen MR) is 108 cm³/mol. The number of nitro groups is 1. The lowest BCUT2D eigenvalue weighted by molar-refractivity contribution is -0.384. The van der Waals surface area contributed by atoms with Gasteiger partial charge in [-0.3, -0.25) is 19.7 Å². The molecule has 0 radical (unpaired) electrons. The van der Waals surface area contributed by atoms with E-state index >= 15 is 0 Å². The number of rotatable bonds is 6. The number of nitro benzene ring substituents is 1. The minimum atomic E-state index is -0.680. The highest BCUT2D eigenvalue weighted by Gasteiger charge is 2.14. The van der Waals surface area contributed by atoms with Crippen molar-refractivity contribution in [2.45, 2.75) is 20.3 Å². The van der Waals surface area contributed by atoms with E-state index in [1.165, 1.54) is 6.07 Å². The number of benzene rings is 2. The van der Waals surface area contributed by atoms with E-state index in [0.717, 1.165) is 17.7 Å². The van der Waals surface area contributed by atoms with Gasteiger partial charge in [-0.15, -0.1) is 0 Å². The van der Waals surface area contributed by atoms with Crippen LogP contribution in [0.25, 0.3) is 0 Å². The zero-order chi connectivity index (χ0) is 20.8. The number of aryl methyl sites for hydroxylation is 1. The van der Waals surface area contributed by atoms with Crippen molar-refractivity contribution in [1.29, 1.82) is 0 Å². The molecule has 0 saturated heterocycles. The van der Waals surface area contributed by atoms with Crippen LogP contribution in [-0.2, 0) is 4.79 Å². The highest BCUT2D eigenvalue weighted by Crippen LogP contribution is 2.20. The van der Waals surface area contributed by atoms with E-state index < -0.39 is 10.8 Å². The van der Waals surface area contributed by atoms with Crippen molar-refractivity contribution in [3.8, 4) is 0 Å². The number of hydrazone groups is 1. The van der Waals surface area contributed by atoms with Crippen LogP contribution in [0.2, 0.25) is 5.02 Å². The molecule has 0 aliphatic rings. The summed E-state index contributed by atoms with van der Waals surface area (Å²) in [5, 5.41) is 17.9. The van der Waals surface area contributed by atoms with Gasteiger partial charge in [0, 0.05) is 34.2 Å². The lowest BCUT2D eigenvalue weighted by Crippen LogP contribution is -2.22. The summed E-state index contributed by atoms with van der Waals surface area (Å²) in [5.41, 5.74) is 9.36. The number of carbonyl (C=O) groups excluding carboxylic acids is 2. The summed E-state index contributed by atoms with van der Waals surface area (Å²) in [6.07, 6.45) is -0.0662. The first-order valence-corrected chi connectivity index (χ1v) is 8.48. The second-order valence-corrected chi connectivity index (χ2v) is 6.48. The van der Waals surface area contributed by atoms with Crippen LogP contribution in [0.4, 0.5) is 17.1 Å². The van der Waals surface area contributed by atoms with Gasteiger partial charge in [-0.05, 0) is 37.6 Å². The van der Waals surface area contributed by atoms with Crippen LogP contribution in [0.3, 0.4) is 0 Å². The van der Waals surface area contributed by atoms with Crippen LogP contribution in [0.15, 0.2) is 41.5 Å². The molecule has 2 rings (SSSR count). The van der Waals surface area contributed by atoms with E-state index in [1.54, 1.807) is 25.1 Å². The molecule has 0 atom stereocenters. The first-order valence-electron chi connectivity index (χ1n) is 8.10. The highest BCUT2D eigenvalue weighted by atomic mass is 35.5. The smallest absolute Gasteiger partial charge is 0.272 e. The van der Waals surface area contributed by atoms with Crippen LogP contribution < -0.4 is 16.5 Å². The minimum absolute atomic E-state index is 0.0118. The number of anilines is 2. The fraction of sp³-hybridized carbons (Fsp3) is 0.167. The van der Waals surface area contributed by atoms with Gasteiger partial charge in [0.05, 0.1) is 16.9 Å². The Labute approximate surface area is 165 Å². The summed E-state index contributed by atoms with van der Waals surface area (Å²) >= 11 is 5.92. The molecule has 0 aliphatic carbocycles. The molecular weight excluding hydrogens is 386 g/mol. The second kappa shape index (κ2) is 8.96. The average Bonchev–Trinajstić information content (AvgIpc) is 2.62. The molecule has 2 aromatic carbocycles. The third-order valence-electron chi connectivity index (χ3n) is 3.65. The Morgan fingerprint density at radius 1 is 1.25 bits per heavy atom. The lowest BCUT2D eigenvalue weighted by Gasteiger charge is -2.09. The Morgan fingerprint density at radius 3 is 2.64 bits per heavy atom. The maximum Gasteiger partial charge on any atom is 0.272 e. The summed E-state index contributed by atoms with van der Waals surface area (Å²) in [6, 6.07) is 8.66. The van der Waals surface area contributed by atoms with Crippen LogP contribution in [-0.4, -0.2) is 22.4 Å². The molecule has 10 heteroatoms. The number of nitrogens with two attached hydrogens (primary N) is 1. The van der Waals surface area contributed by atoms with Crippen LogP contribution >= 0.6 is 11.6 Å². The molecule has 9 nitrogen and oxygen atoms in total. The van der Waals surface area contributed by atoms with Crippen molar-refractivity contribution in [3.05, 3.63) is 62.7 Å². The zero-order valence-electron chi connectivity index (χ0n) is 15.2. The Kier molecular flexibility index (Phi) is 6.67. The number of non-ortho nitro benzene ring substituents is 1. The van der Waals surface area contributed by atoms with E-state index in [4.69, 9.17) is 17.3 Å². The molecule has 0 heterocycles. The maximum absolute atomic E-state index is 12.1. The number of amides is 2. The summed E-state index contributed by atoms with van der Waals surface area (Å²) < 4.78 is 0. The summed E-state index contributed by atoms with van der Waals surface area (Å²) in [6.45, 7) is 3.39. The van der Waals surface area contributed by atoms with E-state index in [-0.39, 0.29) is 29.3 Å². The Balaban J connectivity index is 2.00. The van der Waals surface area contributed by atoms with Crippen LogP contribution in [0.5, 0.6) is 0 Å². The van der Waals surface area contributed by atoms with Gasteiger partial charge >= 0.3 is 0 Å². The molecule has 0 fully saturated rings. The van der Waals surface area contributed by atoms with E-state index in [2.05, 4.69) is 15.8 Å². The van der Waals surface area contributed by atoms with Crippen molar-refractivity contribution in [2.24, 2.45) is 5.10 Å². The van der Waals surface area contributed by atoms with Gasteiger partial charge in [0.25, 0.3) is 11.6 Å². The Morgan fingerprint density at radius 2 is 1.96 bits per heavy atom. The van der Waals surface area contributed by atoms with Gasteiger partial charge in [0.2, 0.25) is 5.91 Å². The molecule has 0 spiro atoms. The molecule has 0 unspecified atom stereocenters. The van der Waals surface area contributed by atoms with Gasteiger partial charge in [0.1, 0.15) is 0 Å². The monoisotopic (exact) mass is 403 g/mol. The number of nitrogens with one attached hydrogen (secondary N) is 2. The van der Waals surface area contributed by atoms with Gasteiger partial charge in [-0.25, -0.2) is 5.43 Å². The van der Waals surface area contributed by atoms with E-state index in [0.29, 0.717) is 16.4 Å². The van der Waals surface area contributed by atoms with E-state index in [9.17, 15) is 19.7 Å². The summed E-state index contributed by atoms with van der Waals surface area (Å²) in [7, 11) is 0. The number of nitrogens with zero attached hydrogens (tertiary/aromatic N) is 2. The Bertz CT molecular complexity index is 974. The van der Waals surface area contributed by atoms with E-state index in [1.807, 2.05) is 6.92 Å². The fourth-order valence-corrected chi connectivity index (χ4v) is 2.45. The quantitative estimate of drug-likeness (QED) is 0.294. The normalized spacial score (nSPS) is 11.0. The van der Waals surface area contributed by atoms with Gasteiger partial charge in [-0.1, -0.05) is 17.7 Å². The molecular formula is C18H18ClN5O4. The average molecular weight is 404 g/mol. The lowest BCUT2D eigenvalue weighted by atomic mass is 10.1. The number of hydrogen-bond acceptors (Lipinski definition) is 6. The van der Waals surface area contributed by atoms with Crippen molar-refractivity contribution < 1.29 is 14.5 Å². The van der Waals surface area contributed by atoms with Crippen molar-refractivity contribution in [3.63, 3.8) is 0 Å². The van der Waals surface area contributed by atoms with Crippen molar-refractivity contribution in [1.82, 2.24) is 5.43 Å². The number of nitrogen functional groups attached to an aromatic ring is 1. The van der Waals surface area contributed by atoms with Crippen LogP contribution in [0, 0.1) is 17.0 Å². The fourth-order valence-electron chi connectivity index (χ4n) is 2.28. The molecule has 146 valence electrons. The molecule has 4 N–H and O–H groups in total. The first-order chi connectivity index (χ1) is 13.2. The summed E-state index contributed by atoms with van der Waals surface area (Å²) in [4.78, 5) is 34.4.